The van der Waals surface area contributed by atoms with Crippen LogP contribution in [0.15, 0.2) is 24.8 Å². The van der Waals surface area contributed by atoms with E-state index < -0.39 is 0 Å². The molecule has 0 N–H and O–H groups in total. The van der Waals surface area contributed by atoms with Gasteiger partial charge in [0, 0.05) is 11.1 Å². The Morgan fingerprint density at radius 1 is 1.43 bits per heavy atom. The van der Waals surface area contributed by atoms with E-state index in [1.54, 1.807) is 24.3 Å². The van der Waals surface area contributed by atoms with Gasteiger partial charge in [-0.15, -0.1) is 0 Å². The first-order valence-electron chi connectivity index (χ1n) is 4.55. The van der Waals surface area contributed by atoms with Gasteiger partial charge < -0.3 is 4.74 Å². The second kappa shape index (κ2) is 4.61. The average Bonchev–Trinajstić information content (AvgIpc) is 2.17. The summed E-state index contributed by atoms with van der Waals surface area (Å²) in [6.45, 7) is 7.60. The van der Waals surface area contributed by atoms with Gasteiger partial charge in [-0.1, -0.05) is 12.7 Å². The average molecular weight is 190 g/mol. The minimum Gasteiger partial charge on any atom is -0.490 e. The highest BCUT2D eigenvalue weighted by molar-refractivity contribution is 5.77. The van der Waals surface area contributed by atoms with Crippen LogP contribution < -0.4 is 4.74 Å². The van der Waals surface area contributed by atoms with Crippen molar-refractivity contribution >= 4 is 12.4 Å². The van der Waals surface area contributed by atoms with E-state index in [-0.39, 0.29) is 6.10 Å². The molecular formula is C12H14O2. The van der Waals surface area contributed by atoms with Crippen molar-refractivity contribution in [1.82, 2.24) is 0 Å². The molecule has 0 heterocycles. The second-order valence-electron chi connectivity index (χ2n) is 3.29. The predicted octanol–water partition coefficient (Wildman–Crippen LogP) is 2.93. The quantitative estimate of drug-likeness (QED) is 0.682. The third-order valence-electron chi connectivity index (χ3n) is 1.75. The minimum absolute atomic E-state index is 0.121. The van der Waals surface area contributed by atoms with E-state index >= 15 is 0 Å². The molecule has 2 nitrogen and oxygen atoms in total. The largest absolute Gasteiger partial charge is 0.490 e. The van der Waals surface area contributed by atoms with Gasteiger partial charge in [0.15, 0.2) is 0 Å². The molecule has 14 heavy (non-hydrogen) atoms. The Morgan fingerprint density at radius 3 is 2.64 bits per heavy atom. The summed E-state index contributed by atoms with van der Waals surface area (Å²) in [4.78, 5) is 10.5. The molecule has 0 aliphatic rings. The first-order chi connectivity index (χ1) is 6.67. The summed E-state index contributed by atoms with van der Waals surface area (Å²) >= 11 is 0. The Balaban J connectivity index is 3.04. The van der Waals surface area contributed by atoms with Gasteiger partial charge >= 0.3 is 0 Å². The maximum absolute atomic E-state index is 10.5. The van der Waals surface area contributed by atoms with E-state index in [1.807, 2.05) is 13.8 Å². The van der Waals surface area contributed by atoms with E-state index in [0.29, 0.717) is 5.56 Å². The van der Waals surface area contributed by atoms with Crippen molar-refractivity contribution in [2.45, 2.75) is 20.0 Å². The van der Waals surface area contributed by atoms with E-state index in [4.69, 9.17) is 4.74 Å². The van der Waals surface area contributed by atoms with E-state index in [0.717, 1.165) is 17.6 Å². The van der Waals surface area contributed by atoms with Gasteiger partial charge in [0.1, 0.15) is 12.0 Å². The predicted molar refractivity (Wildman–Crippen MR) is 57.7 cm³/mol. The Hall–Kier alpha value is -1.57. The molecule has 1 aromatic carbocycles. The molecule has 0 amide bonds. The van der Waals surface area contributed by atoms with Crippen molar-refractivity contribution in [3.63, 3.8) is 0 Å². The Labute approximate surface area is 84.2 Å². The summed E-state index contributed by atoms with van der Waals surface area (Å²) in [6.07, 6.45) is 2.62. The summed E-state index contributed by atoms with van der Waals surface area (Å²) in [5.74, 6) is 0.764. The van der Waals surface area contributed by atoms with E-state index in [2.05, 4.69) is 6.58 Å². The zero-order chi connectivity index (χ0) is 10.6. The summed E-state index contributed by atoms with van der Waals surface area (Å²) < 4.78 is 5.55. The lowest BCUT2D eigenvalue weighted by Crippen LogP contribution is -2.06. The van der Waals surface area contributed by atoms with Crippen molar-refractivity contribution in [1.29, 1.82) is 0 Å². The highest BCUT2D eigenvalue weighted by Crippen LogP contribution is 2.21. The molecule has 0 fully saturated rings. The first kappa shape index (κ1) is 10.5. The van der Waals surface area contributed by atoms with Crippen LogP contribution in [0.2, 0.25) is 0 Å². The van der Waals surface area contributed by atoms with Crippen LogP contribution in [0.25, 0.3) is 6.08 Å². The lowest BCUT2D eigenvalue weighted by molar-refractivity contribution is 0.112. The van der Waals surface area contributed by atoms with E-state index in [1.165, 1.54) is 0 Å². The highest BCUT2D eigenvalue weighted by atomic mass is 16.5. The minimum atomic E-state index is 0.121. The Morgan fingerprint density at radius 2 is 2.14 bits per heavy atom. The molecule has 0 saturated heterocycles. The number of hydrogen-bond donors (Lipinski definition) is 0. The standard InChI is InChI=1S/C12H14O2/c1-4-11-7-10(8-13)5-6-12(11)14-9(2)3/h4-9H,1H2,2-3H3. The van der Waals surface area contributed by atoms with Crippen LogP contribution in [0.1, 0.15) is 29.8 Å². The monoisotopic (exact) mass is 190 g/mol. The number of aldehydes is 1. The summed E-state index contributed by atoms with van der Waals surface area (Å²) in [5, 5.41) is 0. The number of rotatable bonds is 4. The number of benzene rings is 1. The highest BCUT2D eigenvalue weighted by Gasteiger charge is 2.03. The molecule has 74 valence electrons. The number of hydrogen-bond acceptors (Lipinski definition) is 2. The summed E-state index contributed by atoms with van der Waals surface area (Å²) in [5.41, 5.74) is 1.49. The molecule has 0 atom stereocenters. The third kappa shape index (κ3) is 2.46. The summed E-state index contributed by atoms with van der Waals surface area (Å²) in [7, 11) is 0. The Bertz CT molecular complexity index is 340. The molecular weight excluding hydrogens is 176 g/mol. The topological polar surface area (TPSA) is 26.3 Å². The molecule has 0 bridgehead atoms. The van der Waals surface area contributed by atoms with Gasteiger partial charge in [-0.2, -0.15) is 0 Å². The molecule has 0 spiro atoms. The van der Waals surface area contributed by atoms with Crippen molar-refractivity contribution in [2.75, 3.05) is 0 Å². The molecule has 0 aliphatic carbocycles. The van der Waals surface area contributed by atoms with Crippen molar-refractivity contribution in [3.05, 3.63) is 35.9 Å². The summed E-state index contributed by atoms with van der Waals surface area (Å²) in [6, 6.07) is 5.29. The third-order valence-corrected chi connectivity index (χ3v) is 1.75. The van der Waals surface area contributed by atoms with Crippen LogP contribution in [-0.2, 0) is 0 Å². The molecule has 1 rings (SSSR count). The molecule has 0 unspecified atom stereocenters. The van der Waals surface area contributed by atoms with Crippen molar-refractivity contribution in [3.8, 4) is 5.75 Å². The lowest BCUT2D eigenvalue weighted by atomic mass is 10.1. The fourth-order valence-electron chi connectivity index (χ4n) is 1.16. The van der Waals surface area contributed by atoms with Gasteiger partial charge in [-0.05, 0) is 32.0 Å². The molecule has 0 aliphatic heterocycles. The normalized spacial score (nSPS) is 9.93. The first-order valence-corrected chi connectivity index (χ1v) is 4.55. The molecule has 1 aromatic rings. The zero-order valence-electron chi connectivity index (χ0n) is 8.49. The van der Waals surface area contributed by atoms with Crippen molar-refractivity contribution < 1.29 is 9.53 Å². The molecule has 0 saturated carbocycles. The van der Waals surface area contributed by atoms with Gasteiger partial charge in [0.2, 0.25) is 0 Å². The number of ether oxygens (including phenoxy) is 1. The SMILES string of the molecule is C=Cc1cc(C=O)ccc1OC(C)C. The molecule has 0 radical (unpaired) electrons. The maximum atomic E-state index is 10.5. The van der Waals surface area contributed by atoms with Gasteiger partial charge in [-0.3, -0.25) is 4.79 Å². The number of carbonyl (C=O) groups is 1. The zero-order valence-corrected chi connectivity index (χ0v) is 8.49. The van der Waals surface area contributed by atoms with Crippen LogP contribution >= 0.6 is 0 Å². The maximum Gasteiger partial charge on any atom is 0.150 e. The van der Waals surface area contributed by atoms with Gasteiger partial charge in [-0.25, -0.2) is 0 Å². The molecule has 2 heteroatoms. The van der Waals surface area contributed by atoms with Crippen molar-refractivity contribution in [2.24, 2.45) is 0 Å². The fraction of sp³-hybridized carbons (Fsp3) is 0.250. The Kier molecular flexibility index (Phi) is 3.46. The molecule has 0 aromatic heterocycles. The van der Waals surface area contributed by atoms with Gasteiger partial charge in [0.25, 0.3) is 0 Å². The van der Waals surface area contributed by atoms with E-state index in [9.17, 15) is 4.79 Å². The second-order valence-corrected chi connectivity index (χ2v) is 3.29. The van der Waals surface area contributed by atoms with Crippen LogP contribution in [-0.4, -0.2) is 12.4 Å². The lowest BCUT2D eigenvalue weighted by Gasteiger charge is -2.12. The smallest absolute Gasteiger partial charge is 0.150 e. The van der Waals surface area contributed by atoms with Gasteiger partial charge in [0.05, 0.1) is 6.10 Å². The van der Waals surface area contributed by atoms with Crippen LogP contribution in [0.5, 0.6) is 5.75 Å². The van der Waals surface area contributed by atoms with Crippen LogP contribution in [0.4, 0.5) is 0 Å². The number of carbonyl (C=O) groups excluding carboxylic acids is 1. The van der Waals surface area contributed by atoms with Crippen LogP contribution in [0, 0.1) is 0 Å². The van der Waals surface area contributed by atoms with Crippen LogP contribution in [0.3, 0.4) is 0 Å². The fourth-order valence-corrected chi connectivity index (χ4v) is 1.16.